The molecule has 3 rings (SSSR count). The van der Waals surface area contributed by atoms with Gasteiger partial charge in [-0.05, 0) is 30.3 Å². The smallest absolute Gasteiger partial charge is 0.259 e. The summed E-state index contributed by atoms with van der Waals surface area (Å²) in [6.07, 6.45) is 0. The minimum absolute atomic E-state index is 0.00514. The van der Waals surface area contributed by atoms with Gasteiger partial charge in [0.1, 0.15) is 10.8 Å². The Hall–Kier alpha value is -2.41. The Morgan fingerprint density at radius 3 is 2.64 bits per heavy atom. The first kappa shape index (κ1) is 14.5. The summed E-state index contributed by atoms with van der Waals surface area (Å²) in [6, 6.07) is 4.01. The topological polar surface area (TPSA) is 55.5 Å². The average molecular weight is 330 g/mol. The van der Waals surface area contributed by atoms with Crippen LogP contribution in [0.15, 0.2) is 22.7 Å². The lowest BCUT2D eigenvalue weighted by Gasteiger charge is -2.11. The molecule has 1 aromatic heterocycles. The highest BCUT2D eigenvalue weighted by Gasteiger charge is 2.23. The molecule has 1 N–H and O–H groups in total. The monoisotopic (exact) mass is 329 g/mol. The van der Waals surface area contributed by atoms with Crippen molar-refractivity contribution < 1.29 is 27.5 Å². The second kappa shape index (κ2) is 5.10. The lowest BCUT2D eigenvalue weighted by Crippen LogP contribution is -2.00. The number of rotatable bonds is 2. The largest absolute Gasteiger partial charge is 0.491 e. The first-order chi connectivity index (χ1) is 10.4. The fourth-order valence-corrected chi connectivity index (χ4v) is 2.16. The van der Waals surface area contributed by atoms with E-state index in [9.17, 15) is 18.3 Å². The molecule has 0 saturated heterocycles. The van der Waals surface area contributed by atoms with Gasteiger partial charge in [-0.2, -0.15) is 4.39 Å². The molecule has 0 atom stereocenters. The number of halogens is 4. The van der Waals surface area contributed by atoms with Crippen molar-refractivity contribution in [3.05, 3.63) is 46.2 Å². The highest BCUT2D eigenvalue weighted by molar-refractivity contribution is 6.32. The second-order valence-corrected chi connectivity index (χ2v) is 4.85. The van der Waals surface area contributed by atoms with Crippen LogP contribution in [0.25, 0.3) is 11.0 Å². The third kappa shape index (κ3) is 2.14. The van der Waals surface area contributed by atoms with Gasteiger partial charge in [0.25, 0.3) is 5.88 Å². The quantitative estimate of drug-likeness (QED) is 0.692. The van der Waals surface area contributed by atoms with Crippen molar-refractivity contribution in [2.75, 3.05) is 0 Å². The van der Waals surface area contributed by atoms with E-state index in [1.54, 1.807) is 0 Å². The van der Waals surface area contributed by atoms with Crippen molar-refractivity contribution in [3.63, 3.8) is 0 Å². The molecule has 3 aromatic rings. The van der Waals surface area contributed by atoms with Crippen LogP contribution in [0.4, 0.5) is 13.2 Å². The molecule has 114 valence electrons. The molecule has 0 bridgehead atoms. The molecule has 4 nitrogen and oxygen atoms in total. The molecule has 2 aromatic carbocycles. The number of aromatic nitrogens is 1. The molecule has 0 aliphatic carbocycles. The van der Waals surface area contributed by atoms with Crippen molar-refractivity contribution >= 4 is 22.6 Å². The van der Waals surface area contributed by atoms with Crippen LogP contribution in [0.3, 0.4) is 0 Å². The Morgan fingerprint density at radius 2 is 1.91 bits per heavy atom. The molecule has 0 fully saturated rings. The summed E-state index contributed by atoms with van der Waals surface area (Å²) >= 11 is 5.67. The number of hydrogen-bond donors (Lipinski definition) is 1. The maximum absolute atomic E-state index is 13.9. The standard InChI is InChI=1S/C14H7ClF3NO3/c1-5-10(16)9(15)13(12(18)11(5)17)21-6-2-3-8-7(4-6)14(20)19-22-8/h2-4H,1H3,(H,19,20). The van der Waals surface area contributed by atoms with Gasteiger partial charge >= 0.3 is 0 Å². The number of hydrogen-bond acceptors (Lipinski definition) is 4. The van der Waals surface area contributed by atoms with Gasteiger partial charge in [0.15, 0.2) is 23.0 Å². The van der Waals surface area contributed by atoms with E-state index in [0.29, 0.717) is 0 Å². The number of ether oxygens (including phenoxy) is 1. The third-order valence-corrected chi connectivity index (χ3v) is 3.42. The van der Waals surface area contributed by atoms with Gasteiger partial charge in [0.2, 0.25) is 5.82 Å². The van der Waals surface area contributed by atoms with Crippen LogP contribution in [-0.2, 0) is 0 Å². The summed E-state index contributed by atoms with van der Waals surface area (Å²) in [4.78, 5) is 0. The first-order valence-corrected chi connectivity index (χ1v) is 6.36. The molecule has 8 heteroatoms. The summed E-state index contributed by atoms with van der Waals surface area (Å²) in [5, 5.41) is 12.3. The lowest BCUT2D eigenvalue weighted by atomic mass is 10.2. The predicted octanol–water partition coefficient (Wildman–Crippen LogP) is 4.70. The van der Waals surface area contributed by atoms with E-state index in [0.717, 1.165) is 6.92 Å². The minimum Gasteiger partial charge on any atom is -0.491 e. The lowest BCUT2D eigenvalue weighted by molar-refractivity contribution is 0.376. The first-order valence-electron chi connectivity index (χ1n) is 5.99. The molecule has 22 heavy (non-hydrogen) atoms. The van der Waals surface area contributed by atoms with E-state index < -0.39 is 39.7 Å². The molecule has 1 heterocycles. The van der Waals surface area contributed by atoms with Crippen LogP contribution in [0, 0.1) is 24.4 Å². The van der Waals surface area contributed by atoms with E-state index in [1.807, 2.05) is 0 Å². The highest BCUT2D eigenvalue weighted by atomic mass is 35.5. The van der Waals surface area contributed by atoms with E-state index in [4.69, 9.17) is 20.9 Å². The van der Waals surface area contributed by atoms with Crippen LogP contribution in [0.2, 0.25) is 5.02 Å². The van der Waals surface area contributed by atoms with Crippen molar-refractivity contribution in [2.45, 2.75) is 6.92 Å². The van der Waals surface area contributed by atoms with Crippen LogP contribution < -0.4 is 4.74 Å². The van der Waals surface area contributed by atoms with E-state index in [1.165, 1.54) is 18.2 Å². The number of fused-ring (bicyclic) bond motifs is 1. The van der Waals surface area contributed by atoms with Gasteiger partial charge < -0.3 is 14.4 Å². The summed E-state index contributed by atoms with van der Waals surface area (Å²) in [6.45, 7) is 1.06. The van der Waals surface area contributed by atoms with Crippen LogP contribution in [0.5, 0.6) is 17.4 Å². The van der Waals surface area contributed by atoms with Gasteiger partial charge in [-0.25, -0.2) is 8.78 Å². The van der Waals surface area contributed by atoms with Gasteiger partial charge in [-0.1, -0.05) is 11.6 Å². The van der Waals surface area contributed by atoms with Crippen molar-refractivity contribution in [2.24, 2.45) is 0 Å². The van der Waals surface area contributed by atoms with Gasteiger partial charge in [0.05, 0.1) is 5.39 Å². The average Bonchev–Trinajstić information content (AvgIpc) is 2.89. The summed E-state index contributed by atoms with van der Waals surface area (Å²) in [5.41, 5.74) is -0.278. The Balaban J connectivity index is 2.10. The number of nitrogens with zero attached hydrogens (tertiary/aromatic N) is 1. The Bertz CT molecular complexity index is 866. The maximum atomic E-state index is 13.9. The molecule has 0 amide bonds. The van der Waals surface area contributed by atoms with Gasteiger partial charge in [-0.3, -0.25) is 0 Å². The zero-order chi connectivity index (χ0) is 16.0. The normalized spacial score (nSPS) is 11.1. The maximum Gasteiger partial charge on any atom is 0.259 e. The van der Waals surface area contributed by atoms with Crippen molar-refractivity contribution in [1.82, 2.24) is 5.16 Å². The van der Waals surface area contributed by atoms with Crippen LogP contribution in [-0.4, -0.2) is 10.3 Å². The fraction of sp³-hybridized carbons (Fsp3) is 0.0714. The molecule has 0 aliphatic heterocycles. The molecule has 0 unspecified atom stereocenters. The third-order valence-electron chi connectivity index (χ3n) is 3.08. The van der Waals surface area contributed by atoms with E-state index >= 15 is 0 Å². The van der Waals surface area contributed by atoms with Gasteiger partial charge in [-0.15, -0.1) is 0 Å². The summed E-state index contributed by atoms with van der Waals surface area (Å²) in [7, 11) is 0. The van der Waals surface area contributed by atoms with Crippen LogP contribution in [0.1, 0.15) is 5.56 Å². The second-order valence-electron chi connectivity index (χ2n) is 4.48. The zero-order valence-corrected chi connectivity index (χ0v) is 11.7. The number of aromatic hydroxyl groups is 1. The molecule has 0 aliphatic rings. The molecular formula is C14H7ClF3NO3. The van der Waals surface area contributed by atoms with Crippen LogP contribution >= 0.6 is 11.6 Å². The zero-order valence-electron chi connectivity index (χ0n) is 11.0. The predicted molar refractivity (Wildman–Crippen MR) is 71.8 cm³/mol. The summed E-state index contributed by atoms with van der Waals surface area (Å²) < 4.78 is 51.1. The van der Waals surface area contributed by atoms with E-state index in [2.05, 4.69) is 5.16 Å². The summed E-state index contributed by atoms with van der Waals surface area (Å²) in [5.74, 6) is -5.07. The highest BCUT2D eigenvalue weighted by Crippen LogP contribution is 2.38. The van der Waals surface area contributed by atoms with Crippen molar-refractivity contribution in [1.29, 1.82) is 0 Å². The SMILES string of the molecule is Cc1c(F)c(F)c(Oc2ccc3onc(O)c3c2)c(Cl)c1F. The Kier molecular flexibility index (Phi) is 3.37. The molecule has 0 radical (unpaired) electrons. The minimum atomic E-state index is -1.40. The van der Waals surface area contributed by atoms with Crippen molar-refractivity contribution in [3.8, 4) is 17.4 Å². The molecular weight excluding hydrogens is 323 g/mol. The molecule has 0 saturated carbocycles. The number of benzene rings is 2. The molecule has 0 spiro atoms. The van der Waals surface area contributed by atoms with Gasteiger partial charge in [0, 0.05) is 5.56 Å². The Morgan fingerprint density at radius 1 is 1.18 bits per heavy atom. The Labute approximate surface area is 126 Å². The fourth-order valence-electron chi connectivity index (χ4n) is 1.90. The van der Waals surface area contributed by atoms with E-state index in [-0.39, 0.29) is 16.7 Å².